The van der Waals surface area contributed by atoms with Gasteiger partial charge in [-0.15, -0.1) is 0 Å². The molecule has 0 unspecified atom stereocenters. The highest BCUT2D eigenvalue weighted by Gasteiger charge is 2.33. The summed E-state index contributed by atoms with van der Waals surface area (Å²) in [5.41, 5.74) is 0. The molecule has 1 fully saturated rings. The molecule has 1 saturated heterocycles. The molecule has 0 spiro atoms. The van der Waals surface area contributed by atoms with Crippen molar-refractivity contribution < 1.29 is 14.9 Å². The van der Waals surface area contributed by atoms with Crippen molar-refractivity contribution in [2.45, 2.75) is 25.2 Å². The van der Waals surface area contributed by atoms with Crippen molar-refractivity contribution in [1.29, 1.82) is 0 Å². The molecular weight excluding hydrogens is 108 g/mol. The summed E-state index contributed by atoms with van der Waals surface area (Å²) in [6.07, 6.45) is -1.45. The molecule has 48 valence electrons. The van der Waals surface area contributed by atoms with Crippen molar-refractivity contribution in [2.24, 2.45) is 0 Å². The van der Waals surface area contributed by atoms with Crippen LogP contribution in [0.5, 0.6) is 0 Å². The summed E-state index contributed by atoms with van der Waals surface area (Å²) in [6, 6.07) is 0. The Bertz CT molecular complexity index is 75.7. The van der Waals surface area contributed by atoms with Crippen LogP contribution < -0.4 is 0 Å². The predicted molar refractivity (Wildman–Crippen MR) is 27.4 cm³/mol. The van der Waals surface area contributed by atoms with Gasteiger partial charge in [0.2, 0.25) is 0 Å². The van der Waals surface area contributed by atoms with Crippen LogP contribution in [-0.2, 0) is 4.74 Å². The second kappa shape index (κ2) is 2.01. The van der Waals surface area contributed by atoms with Gasteiger partial charge in [0.1, 0.15) is 12.2 Å². The zero-order chi connectivity index (χ0) is 6.15. The first-order valence-electron chi connectivity index (χ1n) is 2.69. The smallest absolute Gasteiger partial charge is 0.109 e. The molecule has 2 N–H and O–H groups in total. The van der Waals surface area contributed by atoms with Gasteiger partial charge in [-0.05, 0) is 6.92 Å². The molecule has 0 amide bonds. The number of epoxide rings is 1. The van der Waals surface area contributed by atoms with Crippen LogP contribution in [0, 0.1) is 0 Å². The van der Waals surface area contributed by atoms with Crippen LogP contribution in [0.1, 0.15) is 6.92 Å². The SMILES string of the molecule is C[C@@H](O)[C@H](O)[C@H]1CO1. The van der Waals surface area contributed by atoms with E-state index in [9.17, 15) is 0 Å². The van der Waals surface area contributed by atoms with Gasteiger partial charge in [-0.1, -0.05) is 0 Å². The van der Waals surface area contributed by atoms with Crippen LogP contribution in [0.25, 0.3) is 0 Å². The number of hydrogen-bond acceptors (Lipinski definition) is 3. The van der Waals surface area contributed by atoms with Gasteiger partial charge in [0.15, 0.2) is 0 Å². The van der Waals surface area contributed by atoms with Crippen LogP contribution >= 0.6 is 0 Å². The van der Waals surface area contributed by atoms with E-state index in [1.165, 1.54) is 0 Å². The molecule has 0 radical (unpaired) electrons. The van der Waals surface area contributed by atoms with E-state index in [0.29, 0.717) is 6.61 Å². The van der Waals surface area contributed by atoms with Gasteiger partial charge in [-0.2, -0.15) is 0 Å². The molecule has 0 saturated carbocycles. The molecule has 1 aliphatic heterocycles. The molecule has 8 heavy (non-hydrogen) atoms. The largest absolute Gasteiger partial charge is 0.391 e. The van der Waals surface area contributed by atoms with E-state index >= 15 is 0 Å². The summed E-state index contributed by atoms with van der Waals surface area (Å²) in [7, 11) is 0. The number of ether oxygens (including phenoxy) is 1. The molecule has 0 aromatic rings. The lowest BCUT2D eigenvalue weighted by molar-refractivity contribution is 0.0137. The minimum Gasteiger partial charge on any atom is -0.391 e. The van der Waals surface area contributed by atoms with Crippen molar-refractivity contribution in [2.75, 3.05) is 6.61 Å². The summed E-state index contributed by atoms with van der Waals surface area (Å²) in [5, 5.41) is 17.6. The third-order valence-corrected chi connectivity index (χ3v) is 1.23. The van der Waals surface area contributed by atoms with Crippen molar-refractivity contribution in [1.82, 2.24) is 0 Å². The lowest BCUT2D eigenvalue weighted by atomic mass is 10.2. The van der Waals surface area contributed by atoms with E-state index in [2.05, 4.69) is 0 Å². The van der Waals surface area contributed by atoms with Gasteiger partial charge in [0.25, 0.3) is 0 Å². The van der Waals surface area contributed by atoms with Gasteiger partial charge < -0.3 is 14.9 Å². The average molecular weight is 118 g/mol. The fourth-order valence-corrected chi connectivity index (χ4v) is 0.563. The van der Waals surface area contributed by atoms with Gasteiger partial charge in [0, 0.05) is 0 Å². The maximum Gasteiger partial charge on any atom is 0.109 e. The van der Waals surface area contributed by atoms with Gasteiger partial charge >= 0.3 is 0 Å². The average Bonchev–Trinajstić information content (AvgIpc) is 2.43. The highest BCUT2D eigenvalue weighted by Crippen LogP contribution is 2.15. The zero-order valence-electron chi connectivity index (χ0n) is 4.74. The predicted octanol–water partition coefficient (Wildman–Crippen LogP) is -0.873. The minimum absolute atomic E-state index is 0.102. The molecule has 3 heteroatoms. The molecule has 0 aliphatic carbocycles. The third kappa shape index (κ3) is 1.18. The molecule has 3 atom stereocenters. The Morgan fingerprint density at radius 2 is 2.12 bits per heavy atom. The van der Waals surface area contributed by atoms with Crippen molar-refractivity contribution in [3.63, 3.8) is 0 Å². The second-order valence-electron chi connectivity index (χ2n) is 2.10. The van der Waals surface area contributed by atoms with E-state index in [0.717, 1.165) is 0 Å². The summed E-state index contributed by atoms with van der Waals surface area (Å²) >= 11 is 0. The van der Waals surface area contributed by atoms with E-state index in [1.807, 2.05) is 0 Å². The van der Waals surface area contributed by atoms with Gasteiger partial charge in [0.05, 0.1) is 12.7 Å². The summed E-state index contributed by atoms with van der Waals surface area (Å²) in [6.45, 7) is 2.14. The molecule has 1 rings (SSSR count). The van der Waals surface area contributed by atoms with Gasteiger partial charge in [-0.25, -0.2) is 0 Å². The van der Waals surface area contributed by atoms with Crippen LogP contribution in [-0.4, -0.2) is 35.1 Å². The maximum absolute atomic E-state index is 8.89. The van der Waals surface area contributed by atoms with Crippen molar-refractivity contribution >= 4 is 0 Å². The lowest BCUT2D eigenvalue weighted by Crippen LogP contribution is -2.27. The first-order valence-corrected chi connectivity index (χ1v) is 2.69. The first kappa shape index (κ1) is 6.01. The minimum atomic E-state index is -0.685. The van der Waals surface area contributed by atoms with Crippen molar-refractivity contribution in [3.05, 3.63) is 0 Å². The zero-order valence-corrected chi connectivity index (χ0v) is 4.74. The Balaban J connectivity index is 2.22. The summed E-state index contributed by atoms with van der Waals surface area (Å²) in [5.74, 6) is 0. The highest BCUT2D eigenvalue weighted by molar-refractivity contribution is 4.81. The summed E-state index contributed by atoms with van der Waals surface area (Å²) < 4.78 is 4.72. The molecule has 1 heterocycles. The molecule has 1 aliphatic rings. The van der Waals surface area contributed by atoms with E-state index in [4.69, 9.17) is 14.9 Å². The maximum atomic E-state index is 8.89. The van der Waals surface area contributed by atoms with E-state index in [-0.39, 0.29) is 6.10 Å². The van der Waals surface area contributed by atoms with Crippen LogP contribution in [0.15, 0.2) is 0 Å². The Labute approximate surface area is 47.9 Å². The number of hydrogen-bond donors (Lipinski definition) is 2. The molecule has 0 aromatic heterocycles. The Morgan fingerprint density at radius 3 is 2.25 bits per heavy atom. The topological polar surface area (TPSA) is 53.0 Å². The summed E-state index contributed by atoms with van der Waals surface area (Å²) in [4.78, 5) is 0. The number of aliphatic hydroxyl groups excluding tert-OH is 2. The Morgan fingerprint density at radius 1 is 1.62 bits per heavy atom. The second-order valence-corrected chi connectivity index (χ2v) is 2.10. The van der Waals surface area contributed by atoms with E-state index < -0.39 is 12.2 Å². The quantitative estimate of drug-likeness (QED) is 0.463. The highest BCUT2D eigenvalue weighted by atomic mass is 16.6. The number of rotatable bonds is 2. The Hall–Kier alpha value is -0.120. The van der Waals surface area contributed by atoms with Crippen LogP contribution in [0.2, 0.25) is 0 Å². The van der Waals surface area contributed by atoms with Crippen LogP contribution in [0.3, 0.4) is 0 Å². The molecule has 3 nitrogen and oxygen atoms in total. The molecule has 0 bridgehead atoms. The number of aliphatic hydroxyl groups is 2. The normalized spacial score (nSPS) is 34.1. The fourth-order valence-electron chi connectivity index (χ4n) is 0.563. The molecule has 0 aromatic carbocycles. The fraction of sp³-hybridized carbons (Fsp3) is 1.00. The molecular formula is C5H10O3. The van der Waals surface area contributed by atoms with Gasteiger partial charge in [-0.3, -0.25) is 0 Å². The van der Waals surface area contributed by atoms with Crippen molar-refractivity contribution in [3.8, 4) is 0 Å². The standard InChI is InChI=1S/C5H10O3/c1-3(6)5(7)4-2-8-4/h3-7H,2H2,1H3/t3-,4-,5+/m1/s1. The first-order chi connectivity index (χ1) is 3.72. The monoisotopic (exact) mass is 118 g/mol. The Kier molecular flexibility index (Phi) is 1.51. The third-order valence-electron chi connectivity index (χ3n) is 1.23. The lowest BCUT2D eigenvalue weighted by Gasteiger charge is -2.08. The van der Waals surface area contributed by atoms with Crippen LogP contribution in [0.4, 0.5) is 0 Å². The van der Waals surface area contributed by atoms with E-state index in [1.54, 1.807) is 6.92 Å².